The number of carbonyl (C=O) groups is 1. The molecule has 0 aliphatic rings. The van der Waals surface area contributed by atoms with Crippen molar-refractivity contribution < 1.29 is 40.1 Å². The maximum Gasteiger partial charge on any atom is 0.416 e. The Morgan fingerprint density at radius 1 is 1.00 bits per heavy atom. The Morgan fingerprint density at radius 3 is 2.18 bits per heavy atom. The predicted octanol–water partition coefficient (Wildman–Crippen LogP) is 6.88. The summed E-state index contributed by atoms with van der Waals surface area (Å²) in [7, 11) is -4.10. The lowest BCUT2D eigenvalue weighted by atomic mass is 10.0. The molecule has 0 aliphatic carbocycles. The highest BCUT2D eigenvalue weighted by Gasteiger charge is 2.31. The van der Waals surface area contributed by atoms with Gasteiger partial charge in [-0.15, -0.1) is 0 Å². The van der Waals surface area contributed by atoms with Gasteiger partial charge in [-0.1, -0.05) is 32.0 Å². The zero-order valence-electron chi connectivity index (χ0n) is 21.3. The van der Waals surface area contributed by atoms with E-state index in [4.69, 9.17) is 9.29 Å². The smallest absolute Gasteiger partial charge is 0.416 e. The highest BCUT2D eigenvalue weighted by molar-refractivity contribution is 7.85. The number of hydrogen-bond donors (Lipinski definition) is 2. The number of hydrogen-bond acceptors (Lipinski definition) is 5. The van der Waals surface area contributed by atoms with E-state index in [0.717, 1.165) is 17.8 Å². The van der Waals surface area contributed by atoms with Crippen molar-refractivity contribution in [2.75, 3.05) is 17.7 Å². The fraction of sp³-hybridized carbons (Fsp3) is 0.321. The molecule has 0 saturated carbocycles. The molecule has 0 bridgehead atoms. The minimum Gasteiger partial charge on any atom is -0.491 e. The van der Waals surface area contributed by atoms with Crippen molar-refractivity contribution in [1.29, 1.82) is 0 Å². The lowest BCUT2D eigenvalue weighted by Crippen LogP contribution is -2.32. The molecule has 0 heterocycles. The van der Waals surface area contributed by atoms with Crippen molar-refractivity contribution in [3.8, 4) is 16.9 Å². The fourth-order valence-corrected chi connectivity index (χ4v) is 4.28. The topological polar surface area (TPSA) is 92.7 Å². The van der Waals surface area contributed by atoms with E-state index in [9.17, 15) is 30.8 Å². The van der Waals surface area contributed by atoms with E-state index in [2.05, 4.69) is 5.32 Å². The number of ketones is 1. The molecular formula is C28H29F4NO5S. The summed E-state index contributed by atoms with van der Waals surface area (Å²) in [4.78, 5) is 12.2. The van der Waals surface area contributed by atoms with E-state index >= 15 is 0 Å². The van der Waals surface area contributed by atoms with Crippen molar-refractivity contribution in [3.63, 3.8) is 0 Å². The molecule has 0 spiro atoms. The zero-order chi connectivity index (χ0) is 28.8. The molecule has 0 aliphatic heterocycles. The first-order chi connectivity index (χ1) is 18.2. The lowest BCUT2D eigenvalue weighted by Gasteiger charge is -2.24. The van der Waals surface area contributed by atoms with Gasteiger partial charge in [-0.25, -0.2) is 4.39 Å². The highest BCUT2D eigenvalue weighted by atomic mass is 32.2. The monoisotopic (exact) mass is 567 g/mol. The summed E-state index contributed by atoms with van der Waals surface area (Å²) in [6.07, 6.45) is -4.59. The molecule has 2 N–H and O–H groups in total. The first kappa shape index (κ1) is 30.1. The molecule has 1 atom stereocenters. The average molecular weight is 568 g/mol. The molecule has 3 aromatic carbocycles. The molecule has 0 aromatic heterocycles. The van der Waals surface area contributed by atoms with Crippen molar-refractivity contribution >= 4 is 21.6 Å². The van der Waals surface area contributed by atoms with Crippen molar-refractivity contribution in [2.45, 2.75) is 38.9 Å². The third-order valence-electron chi connectivity index (χ3n) is 6.06. The Bertz CT molecular complexity index is 1370. The molecule has 0 unspecified atom stereocenters. The van der Waals surface area contributed by atoms with Crippen molar-refractivity contribution in [2.24, 2.45) is 5.92 Å². The summed E-state index contributed by atoms with van der Waals surface area (Å²) in [6, 6.07) is 15.4. The first-order valence-electron chi connectivity index (χ1n) is 12.2. The Morgan fingerprint density at radius 2 is 1.64 bits per heavy atom. The van der Waals surface area contributed by atoms with Crippen LogP contribution in [-0.2, 0) is 16.3 Å². The highest BCUT2D eigenvalue weighted by Crippen LogP contribution is 2.33. The second-order valence-corrected chi connectivity index (χ2v) is 11.0. The number of halogens is 4. The quantitative estimate of drug-likeness (QED) is 0.141. The average Bonchev–Trinajstić information content (AvgIpc) is 2.85. The summed E-state index contributed by atoms with van der Waals surface area (Å²) in [5.74, 6) is -0.998. The third-order valence-corrected chi connectivity index (χ3v) is 6.87. The predicted molar refractivity (Wildman–Crippen MR) is 141 cm³/mol. The maximum atomic E-state index is 14.3. The summed E-state index contributed by atoms with van der Waals surface area (Å²) in [5, 5.41) is 3.35. The minimum absolute atomic E-state index is 0.000672. The van der Waals surface area contributed by atoms with Crippen LogP contribution in [0.25, 0.3) is 11.1 Å². The van der Waals surface area contributed by atoms with Gasteiger partial charge in [0.15, 0.2) is 5.78 Å². The number of rotatable bonds is 12. The molecule has 0 fully saturated rings. The number of carbonyl (C=O) groups excluding carboxylic acids is 1. The Labute approximate surface area is 224 Å². The van der Waals surface area contributed by atoms with Crippen LogP contribution in [0.1, 0.15) is 42.6 Å². The van der Waals surface area contributed by atoms with Gasteiger partial charge in [-0.05, 0) is 66.4 Å². The minimum atomic E-state index is -4.62. The summed E-state index contributed by atoms with van der Waals surface area (Å²) < 4.78 is 89.0. The standard InChI is InChI=1S/C28H29F4NO5S/c1-18(2)26(33-22-10-5-20(6-11-22)27(34)4-3-15-39(35,36)37)17-38-23-12-7-19(8-13-23)24-14-9-21(16-25(24)29)28(30,31)32/h5-14,16,18,26,33H,3-4,15,17H2,1-2H3,(H,35,36,37)/t26-/m1/s1. The van der Waals surface area contributed by atoms with Crippen LogP contribution in [0.2, 0.25) is 0 Å². The van der Waals surface area contributed by atoms with E-state index in [1.54, 1.807) is 48.5 Å². The van der Waals surface area contributed by atoms with Crippen LogP contribution in [0, 0.1) is 11.7 Å². The number of anilines is 1. The molecule has 0 radical (unpaired) electrons. The first-order valence-corrected chi connectivity index (χ1v) is 13.8. The van der Waals surface area contributed by atoms with E-state index in [1.807, 2.05) is 13.8 Å². The van der Waals surface area contributed by atoms with Crippen LogP contribution in [-0.4, -0.2) is 37.2 Å². The molecule has 11 heteroatoms. The SMILES string of the molecule is CC(C)[C@@H](COc1ccc(-c2ccc(C(F)(F)F)cc2F)cc1)Nc1ccc(C(=O)CCCS(=O)(=O)O)cc1. The van der Waals surface area contributed by atoms with Gasteiger partial charge in [0.1, 0.15) is 18.2 Å². The van der Waals surface area contributed by atoms with Gasteiger partial charge >= 0.3 is 6.18 Å². The van der Waals surface area contributed by atoms with Crippen molar-refractivity contribution in [3.05, 3.63) is 83.7 Å². The fourth-order valence-electron chi connectivity index (χ4n) is 3.77. The molecule has 0 amide bonds. The molecule has 3 rings (SSSR count). The molecule has 210 valence electrons. The molecule has 3 aromatic rings. The second-order valence-electron chi connectivity index (χ2n) is 9.41. The van der Waals surface area contributed by atoms with Crippen molar-refractivity contribution in [1.82, 2.24) is 0 Å². The Kier molecular flexibility index (Phi) is 9.73. The molecular weight excluding hydrogens is 538 g/mol. The van der Waals surface area contributed by atoms with E-state index < -0.39 is 33.4 Å². The van der Waals surface area contributed by atoms with Crippen LogP contribution >= 0.6 is 0 Å². The number of alkyl halides is 3. The van der Waals surface area contributed by atoms with Gasteiger partial charge in [0.05, 0.1) is 17.4 Å². The van der Waals surface area contributed by atoms with Gasteiger partial charge in [0, 0.05) is 23.2 Å². The van der Waals surface area contributed by atoms with Crippen LogP contribution in [0.5, 0.6) is 5.75 Å². The molecule has 0 saturated heterocycles. The van der Waals surface area contributed by atoms with Gasteiger partial charge in [-0.3, -0.25) is 9.35 Å². The normalized spacial score (nSPS) is 12.8. The number of nitrogens with one attached hydrogen (secondary N) is 1. The van der Waals surface area contributed by atoms with E-state index in [1.165, 1.54) is 0 Å². The van der Waals surface area contributed by atoms with E-state index in [0.29, 0.717) is 22.9 Å². The number of ether oxygens (including phenoxy) is 1. The Hall–Kier alpha value is -3.44. The van der Waals surface area contributed by atoms with E-state index in [-0.39, 0.29) is 42.8 Å². The van der Waals surface area contributed by atoms with Crippen LogP contribution in [0.3, 0.4) is 0 Å². The van der Waals surface area contributed by atoms with Crippen LogP contribution in [0.4, 0.5) is 23.2 Å². The molecule has 39 heavy (non-hydrogen) atoms. The summed E-state index contributed by atoms with van der Waals surface area (Å²) >= 11 is 0. The zero-order valence-corrected chi connectivity index (χ0v) is 22.2. The van der Waals surface area contributed by atoms with Gasteiger partial charge in [-0.2, -0.15) is 21.6 Å². The van der Waals surface area contributed by atoms with Gasteiger partial charge in [0.25, 0.3) is 10.1 Å². The summed E-state index contributed by atoms with van der Waals surface area (Å²) in [6.45, 7) is 4.29. The van der Waals surface area contributed by atoms with Gasteiger partial charge < -0.3 is 10.1 Å². The third kappa shape index (κ3) is 9.07. The van der Waals surface area contributed by atoms with Crippen LogP contribution < -0.4 is 10.1 Å². The largest absolute Gasteiger partial charge is 0.491 e. The lowest BCUT2D eigenvalue weighted by molar-refractivity contribution is -0.137. The Balaban J connectivity index is 1.58. The maximum absolute atomic E-state index is 14.3. The molecule has 6 nitrogen and oxygen atoms in total. The van der Waals surface area contributed by atoms with Crippen LogP contribution in [0.15, 0.2) is 66.7 Å². The number of benzene rings is 3. The van der Waals surface area contributed by atoms with Gasteiger partial charge in [0.2, 0.25) is 0 Å². The number of Topliss-reactive ketones (excluding diaryl/α,β-unsaturated/α-hetero) is 1. The summed E-state index contributed by atoms with van der Waals surface area (Å²) in [5.41, 5.74) is 0.599. The second kappa shape index (κ2) is 12.6.